The molecule has 1 unspecified atom stereocenters. The number of aryl methyl sites for hydroxylation is 1. The molecule has 15 heavy (non-hydrogen) atoms. The number of aliphatic hydroxyl groups excluding tert-OH is 1. The van der Waals surface area contributed by atoms with Gasteiger partial charge in [-0.1, -0.05) is 24.6 Å². The zero-order valence-electron chi connectivity index (χ0n) is 8.84. The number of rotatable bonds is 2. The Morgan fingerprint density at radius 3 is 2.87 bits per heavy atom. The fraction of sp³-hybridized carbons (Fsp3) is 0.333. The van der Waals surface area contributed by atoms with Crippen LogP contribution in [-0.4, -0.2) is 16.7 Å². The summed E-state index contributed by atoms with van der Waals surface area (Å²) in [4.78, 5) is 3.24. The van der Waals surface area contributed by atoms with E-state index in [4.69, 9.17) is 16.7 Å². The zero-order chi connectivity index (χ0) is 11.0. The Kier molecular flexibility index (Phi) is 2.72. The Morgan fingerprint density at radius 1 is 1.47 bits per heavy atom. The third kappa shape index (κ3) is 1.75. The minimum absolute atomic E-state index is 0.0807. The SMILES string of the molecule is Cc1cc2c(Cl)c(C(C)CO)ccc2[nH]1. The van der Waals surface area contributed by atoms with E-state index >= 15 is 0 Å². The van der Waals surface area contributed by atoms with Crippen LogP contribution in [0.25, 0.3) is 10.9 Å². The molecule has 0 radical (unpaired) electrons. The molecule has 3 heteroatoms. The van der Waals surface area contributed by atoms with Gasteiger partial charge < -0.3 is 10.1 Å². The van der Waals surface area contributed by atoms with Crippen LogP contribution in [-0.2, 0) is 0 Å². The topological polar surface area (TPSA) is 36.0 Å². The number of hydrogen-bond donors (Lipinski definition) is 2. The first-order chi connectivity index (χ1) is 7.13. The van der Waals surface area contributed by atoms with Crippen LogP contribution in [0.4, 0.5) is 0 Å². The van der Waals surface area contributed by atoms with Crippen LogP contribution in [0, 0.1) is 6.92 Å². The quantitative estimate of drug-likeness (QED) is 0.806. The van der Waals surface area contributed by atoms with E-state index in [1.54, 1.807) is 0 Å². The molecular weight excluding hydrogens is 210 g/mol. The van der Waals surface area contributed by atoms with E-state index in [1.165, 1.54) is 0 Å². The first-order valence-electron chi connectivity index (χ1n) is 5.02. The van der Waals surface area contributed by atoms with Crippen molar-refractivity contribution >= 4 is 22.5 Å². The number of nitrogens with one attached hydrogen (secondary N) is 1. The predicted molar refractivity (Wildman–Crippen MR) is 63.5 cm³/mol. The molecule has 2 N–H and O–H groups in total. The van der Waals surface area contributed by atoms with E-state index < -0.39 is 0 Å². The van der Waals surface area contributed by atoms with Gasteiger partial charge in [0.1, 0.15) is 0 Å². The number of aromatic amines is 1. The number of aliphatic hydroxyl groups is 1. The number of aromatic nitrogens is 1. The van der Waals surface area contributed by atoms with E-state index in [-0.39, 0.29) is 12.5 Å². The van der Waals surface area contributed by atoms with E-state index in [1.807, 2.05) is 32.0 Å². The molecule has 1 heterocycles. The van der Waals surface area contributed by atoms with Gasteiger partial charge in [0.2, 0.25) is 0 Å². The van der Waals surface area contributed by atoms with Crippen molar-refractivity contribution in [3.05, 3.63) is 34.5 Å². The molecule has 2 aromatic rings. The van der Waals surface area contributed by atoms with Gasteiger partial charge in [-0.15, -0.1) is 0 Å². The minimum Gasteiger partial charge on any atom is -0.396 e. The summed E-state index contributed by atoms with van der Waals surface area (Å²) in [6.07, 6.45) is 0. The van der Waals surface area contributed by atoms with Crippen LogP contribution in [0.5, 0.6) is 0 Å². The number of benzene rings is 1. The summed E-state index contributed by atoms with van der Waals surface area (Å²) in [6.45, 7) is 4.09. The third-order valence-corrected chi connectivity index (χ3v) is 3.13. The number of fused-ring (bicyclic) bond motifs is 1. The highest BCUT2D eigenvalue weighted by Gasteiger charge is 2.12. The summed E-state index contributed by atoms with van der Waals surface area (Å²) < 4.78 is 0. The highest BCUT2D eigenvalue weighted by Crippen LogP contribution is 2.32. The maximum absolute atomic E-state index is 9.12. The fourth-order valence-corrected chi connectivity index (χ4v) is 2.21. The molecule has 0 aliphatic rings. The van der Waals surface area contributed by atoms with Gasteiger partial charge in [0.25, 0.3) is 0 Å². The van der Waals surface area contributed by atoms with E-state index in [9.17, 15) is 0 Å². The smallest absolute Gasteiger partial charge is 0.0535 e. The Hall–Kier alpha value is -0.990. The summed E-state index contributed by atoms with van der Waals surface area (Å²) in [5.41, 5.74) is 3.15. The zero-order valence-corrected chi connectivity index (χ0v) is 9.60. The van der Waals surface area contributed by atoms with Gasteiger partial charge in [0.15, 0.2) is 0 Å². The average molecular weight is 224 g/mol. The molecule has 1 aromatic heterocycles. The third-order valence-electron chi connectivity index (χ3n) is 2.71. The molecule has 2 nitrogen and oxygen atoms in total. The Bertz CT molecular complexity index is 490. The lowest BCUT2D eigenvalue weighted by Gasteiger charge is -2.10. The highest BCUT2D eigenvalue weighted by atomic mass is 35.5. The second-order valence-corrected chi connectivity index (χ2v) is 4.34. The summed E-state index contributed by atoms with van der Waals surface area (Å²) in [5, 5.41) is 10.9. The van der Waals surface area contributed by atoms with Gasteiger partial charge in [-0.05, 0) is 24.6 Å². The summed E-state index contributed by atoms with van der Waals surface area (Å²) in [5.74, 6) is 0.0807. The van der Waals surface area contributed by atoms with E-state index in [2.05, 4.69) is 4.98 Å². The fourth-order valence-electron chi connectivity index (χ4n) is 1.80. The van der Waals surface area contributed by atoms with Gasteiger partial charge in [0, 0.05) is 29.1 Å². The average Bonchev–Trinajstić information content (AvgIpc) is 2.59. The minimum atomic E-state index is 0.0807. The number of H-pyrrole nitrogens is 1. The second kappa shape index (κ2) is 3.87. The maximum Gasteiger partial charge on any atom is 0.0535 e. The monoisotopic (exact) mass is 223 g/mol. The first-order valence-corrected chi connectivity index (χ1v) is 5.40. The van der Waals surface area contributed by atoms with Gasteiger partial charge >= 0.3 is 0 Å². The molecule has 2 rings (SSSR count). The van der Waals surface area contributed by atoms with Crippen molar-refractivity contribution in [3.8, 4) is 0 Å². The lowest BCUT2D eigenvalue weighted by atomic mass is 10.0. The molecular formula is C12H14ClNO. The molecule has 0 aliphatic carbocycles. The molecule has 80 valence electrons. The van der Waals surface area contributed by atoms with Gasteiger partial charge in [-0.3, -0.25) is 0 Å². The highest BCUT2D eigenvalue weighted by molar-refractivity contribution is 6.36. The van der Waals surface area contributed by atoms with Crippen LogP contribution < -0.4 is 0 Å². The summed E-state index contributed by atoms with van der Waals surface area (Å²) in [6, 6.07) is 6.02. The first kappa shape index (κ1) is 10.5. The van der Waals surface area contributed by atoms with Gasteiger partial charge in [-0.2, -0.15) is 0 Å². The molecule has 0 fully saturated rings. The summed E-state index contributed by atoms with van der Waals surface area (Å²) >= 11 is 6.30. The second-order valence-electron chi connectivity index (χ2n) is 3.97. The predicted octanol–water partition coefficient (Wildman–Crippen LogP) is 3.23. The molecule has 0 aliphatic heterocycles. The van der Waals surface area contributed by atoms with E-state index in [0.717, 1.165) is 27.2 Å². The maximum atomic E-state index is 9.12. The van der Waals surface area contributed by atoms with Crippen LogP contribution >= 0.6 is 11.6 Å². The van der Waals surface area contributed by atoms with Crippen LogP contribution in [0.15, 0.2) is 18.2 Å². The number of hydrogen-bond acceptors (Lipinski definition) is 1. The Morgan fingerprint density at radius 2 is 2.20 bits per heavy atom. The van der Waals surface area contributed by atoms with Crippen LogP contribution in [0.1, 0.15) is 24.1 Å². The molecule has 0 saturated heterocycles. The van der Waals surface area contributed by atoms with Crippen LogP contribution in [0.2, 0.25) is 5.02 Å². The van der Waals surface area contributed by atoms with Crippen molar-refractivity contribution < 1.29 is 5.11 Å². The normalized spacial score (nSPS) is 13.3. The van der Waals surface area contributed by atoms with Crippen molar-refractivity contribution in [2.75, 3.05) is 6.61 Å². The largest absolute Gasteiger partial charge is 0.396 e. The lowest BCUT2D eigenvalue weighted by Crippen LogP contribution is -1.99. The Labute approximate surface area is 93.9 Å². The standard InChI is InChI=1S/C12H14ClNO/c1-7(6-15)9-3-4-11-10(12(9)13)5-8(2)14-11/h3-5,7,14-15H,6H2,1-2H3. The van der Waals surface area contributed by atoms with Crippen molar-refractivity contribution in [2.24, 2.45) is 0 Å². The van der Waals surface area contributed by atoms with Gasteiger partial charge in [-0.25, -0.2) is 0 Å². The van der Waals surface area contributed by atoms with Crippen molar-refractivity contribution in [1.82, 2.24) is 4.98 Å². The van der Waals surface area contributed by atoms with Crippen molar-refractivity contribution in [3.63, 3.8) is 0 Å². The number of halogens is 1. The van der Waals surface area contributed by atoms with Crippen molar-refractivity contribution in [2.45, 2.75) is 19.8 Å². The van der Waals surface area contributed by atoms with E-state index in [0.29, 0.717) is 0 Å². The van der Waals surface area contributed by atoms with Crippen molar-refractivity contribution in [1.29, 1.82) is 0 Å². The summed E-state index contributed by atoms with van der Waals surface area (Å²) in [7, 11) is 0. The van der Waals surface area contributed by atoms with Gasteiger partial charge in [0.05, 0.1) is 5.02 Å². The molecule has 0 saturated carbocycles. The molecule has 1 aromatic carbocycles. The molecule has 0 amide bonds. The molecule has 1 atom stereocenters. The van der Waals surface area contributed by atoms with Crippen LogP contribution in [0.3, 0.4) is 0 Å². The molecule has 0 bridgehead atoms. The lowest BCUT2D eigenvalue weighted by molar-refractivity contribution is 0.273. The molecule has 0 spiro atoms. The Balaban J connectivity index is 2.64.